The van der Waals surface area contributed by atoms with Crippen LogP contribution in [0.4, 0.5) is 0 Å². The van der Waals surface area contributed by atoms with Gasteiger partial charge < -0.3 is 0 Å². The summed E-state index contributed by atoms with van der Waals surface area (Å²) >= 11 is 7.34. The van der Waals surface area contributed by atoms with Crippen molar-refractivity contribution in [3.63, 3.8) is 0 Å². The van der Waals surface area contributed by atoms with E-state index in [1.807, 2.05) is 12.2 Å². The van der Waals surface area contributed by atoms with Crippen molar-refractivity contribution >= 4 is 31.9 Å². The first-order valence-corrected chi connectivity index (χ1v) is 9.47. The summed E-state index contributed by atoms with van der Waals surface area (Å²) in [6.07, 6.45) is 6.08. The van der Waals surface area contributed by atoms with Crippen molar-refractivity contribution in [1.29, 1.82) is 0 Å². The second-order valence-electron chi connectivity index (χ2n) is 6.11. The molecule has 2 aromatic rings. The lowest BCUT2D eigenvalue weighted by Gasteiger charge is -2.20. The number of rotatable bonds is 2. The van der Waals surface area contributed by atoms with Crippen LogP contribution >= 0.6 is 31.9 Å². The van der Waals surface area contributed by atoms with Gasteiger partial charge in [0.15, 0.2) is 0 Å². The molecule has 3 rings (SSSR count). The molecule has 0 bridgehead atoms. The number of aryl methyl sites for hydroxylation is 2. The minimum absolute atomic E-state index is 0.0957. The third-order valence-electron chi connectivity index (χ3n) is 4.38. The Morgan fingerprint density at radius 1 is 0.958 bits per heavy atom. The van der Waals surface area contributed by atoms with Crippen molar-refractivity contribution in [3.8, 4) is 23.0 Å². The third-order valence-corrected chi connectivity index (χ3v) is 6.22. The van der Waals surface area contributed by atoms with Gasteiger partial charge in [-0.2, -0.15) is 0 Å². The van der Waals surface area contributed by atoms with Gasteiger partial charge in [0.25, 0.3) is 0 Å². The minimum atomic E-state index is 0.0957. The molecular weight excluding hydrogens is 424 g/mol. The second-order valence-corrected chi connectivity index (χ2v) is 7.82. The monoisotopic (exact) mass is 440 g/mol. The summed E-state index contributed by atoms with van der Waals surface area (Å²) in [6, 6.07) is 10.9. The highest BCUT2D eigenvalue weighted by atomic mass is 79.9. The van der Waals surface area contributed by atoms with E-state index in [-0.39, 0.29) is 5.92 Å². The lowest BCUT2D eigenvalue weighted by molar-refractivity contribution is 1.02. The van der Waals surface area contributed by atoms with Gasteiger partial charge >= 0.3 is 0 Å². The predicted molar refractivity (Wildman–Crippen MR) is 110 cm³/mol. The highest BCUT2D eigenvalue weighted by Gasteiger charge is 2.20. The van der Waals surface area contributed by atoms with Gasteiger partial charge in [0.1, 0.15) is 0 Å². The van der Waals surface area contributed by atoms with Crippen LogP contribution in [-0.4, -0.2) is 0 Å². The minimum Gasteiger partial charge on any atom is -0.0858 e. The van der Waals surface area contributed by atoms with Gasteiger partial charge in [0, 0.05) is 8.95 Å². The van der Waals surface area contributed by atoms with E-state index in [1.165, 1.54) is 33.4 Å². The maximum absolute atomic E-state index is 3.67. The Balaban J connectivity index is 2.31. The van der Waals surface area contributed by atoms with Crippen LogP contribution in [0.15, 0.2) is 63.1 Å². The molecule has 1 unspecified atom stereocenters. The molecule has 0 aromatic heterocycles. The largest absolute Gasteiger partial charge is 0.0858 e. The van der Waals surface area contributed by atoms with E-state index in [2.05, 4.69) is 101 Å². The van der Waals surface area contributed by atoms with Crippen LogP contribution in [0.25, 0.3) is 11.1 Å². The highest BCUT2D eigenvalue weighted by Crippen LogP contribution is 2.41. The Labute approximate surface area is 160 Å². The Kier molecular flexibility index (Phi) is 5.13. The molecule has 1 aliphatic carbocycles. The van der Waals surface area contributed by atoms with Crippen molar-refractivity contribution in [2.45, 2.75) is 26.7 Å². The van der Waals surface area contributed by atoms with Crippen LogP contribution in [0.2, 0.25) is 0 Å². The first kappa shape index (κ1) is 17.3. The molecule has 2 aromatic carbocycles. The van der Waals surface area contributed by atoms with Crippen LogP contribution in [0.3, 0.4) is 0 Å². The van der Waals surface area contributed by atoms with Gasteiger partial charge in [0.2, 0.25) is 0 Å². The molecule has 0 saturated heterocycles. The molecule has 0 amide bonds. The molecule has 0 aliphatic heterocycles. The highest BCUT2D eigenvalue weighted by molar-refractivity contribution is 9.13. The predicted octanol–water partition coefficient (Wildman–Crippen LogP) is 7.10. The number of benzene rings is 2. The molecule has 120 valence electrons. The topological polar surface area (TPSA) is 0 Å². The first-order valence-electron chi connectivity index (χ1n) is 7.89. The molecule has 24 heavy (non-hydrogen) atoms. The quantitative estimate of drug-likeness (QED) is 0.436. The van der Waals surface area contributed by atoms with Crippen molar-refractivity contribution < 1.29 is 0 Å². The van der Waals surface area contributed by atoms with Crippen molar-refractivity contribution in [2.75, 3.05) is 0 Å². The lowest BCUT2D eigenvalue weighted by atomic mass is 9.84. The zero-order valence-corrected chi connectivity index (χ0v) is 17.1. The Hall–Kier alpha value is -1.56. The van der Waals surface area contributed by atoms with Crippen LogP contribution in [-0.2, 0) is 0 Å². The molecule has 1 aliphatic rings. The SMILES string of the molecule is CC1=CC=CC#CC1c1cc(Br)c(Br)cc1-c1c(C)cccc1C. The summed E-state index contributed by atoms with van der Waals surface area (Å²) in [5.41, 5.74) is 7.62. The summed E-state index contributed by atoms with van der Waals surface area (Å²) in [6.45, 7) is 6.50. The van der Waals surface area contributed by atoms with Crippen LogP contribution < -0.4 is 0 Å². The fourth-order valence-corrected chi connectivity index (χ4v) is 3.87. The average Bonchev–Trinajstić information content (AvgIpc) is 2.75. The fraction of sp³-hybridized carbons (Fsp3) is 0.182. The second kappa shape index (κ2) is 7.13. The summed E-state index contributed by atoms with van der Waals surface area (Å²) in [5.74, 6) is 6.66. The molecule has 0 spiro atoms. The third kappa shape index (κ3) is 3.29. The van der Waals surface area contributed by atoms with E-state index in [9.17, 15) is 0 Å². The van der Waals surface area contributed by atoms with Crippen LogP contribution in [0.5, 0.6) is 0 Å². The molecular formula is C22H18Br2. The summed E-state index contributed by atoms with van der Waals surface area (Å²) in [4.78, 5) is 0. The first-order chi connectivity index (χ1) is 11.5. The molecule has 0 fully saturated rings. The van der Waals surface area contributed by atoms with Gasteiger partial charge in [-0.05, 0) is 98.7 Å². The molecule has 0 radical (unpaired) electrons. The normalized spacial score (nSPS) is 16.2. The summed E-state index contributed by atoms with van der Waals surface area (Å²) in [5, 5.41) is 0. The fourth-order valence-electron chi connectivity index (χ4n) is 3.17. The average molecular weight is 442 g/mol. The van der Waals surface area contributed by atoms with Crippen LogP contribution in [0, 0.1) is 25.7 Å². The Bertz CT molecular complexity index is 901. The van der Waals surface area contributed by atoms with E-state index in [1.54, 1.807) is 0 Å². The molecule has 0 saturated carbocycles. The van der Waals surface area contributed by atoms with Crippen LogP contribution in [0.1, 0.15) is 29.5 Å². The van der Waals surface area contributed by atoms with Gasteiger partial charge in [0.05, 0.1) is 5.92 Å². The van der Waals surface area contributed by atoms with Crippen molar-refractivity contribution in [1.82, 2.24) is 0 Å². The zero-order chi connectivity index (χ0) is 17.3. The Morgan fingerprint density at radius 2 is 1.62 bits per heavy atom. The molecule has 1 atom stereocenters. The zero-order valence-electron chi connectivity index (χ0n) is 14.0. The molecule has 2 heteroatoms. The summed E-state index contributed by atoms with van der Waals surface area (Å²) < 4.78 is 2.12. The number of halogens is 2. The van der Waals surface area contributed by atoms with Gasteiger partial charge in [-0.3, -0.25) is 0 Å². The number of hydrogen-bond acceptors (Lipinski definition) is 0. The van der Waals surface area contributed by atoms with Gasteiger partial charge in [-0.25, -0.2) is 0 Å². The smallest absolute Gasteiger partial charge is 0.0672 e. The van der Waals surface area contributed by atoms with E-state index < -0.39 is 0 Å². The lowest BCUT2D eigenvalue weighted by Crippen LogP contribution is -2.02. The number of allylic oxidation sites excluding steroid dienone is 4. The standard InChI is InChI=1S/C22H18Br2/c1-14-8-5-4-6-11-17(14)18-12-20(23)21(24)13-19(18)22-15(2)9-7-10-16(22)3/h4-5,7-10,12-13,17H,1-3H3. The maximum Gasteiger partial charge on any atom is 0.0672 e. The van der Waals surface area contributed by atoms with Crippen molar-refractivity contribution in [2.24, 2.45) is 0 Å². The molecule has 0 N–H and O–H groups in total. The number of hydrogen-bond donors (Lipinski definition) is 0. The van der Waals surface area contributed by atoms with Crippen molar-refractivity contribution in [3.05, 3.63) is 79.8 Å². The van der Waals surface area contributed by atoms with Gasteiger partial charge in [-0.15, -0.1) is 0 Å². The van der Waals surface area contributed by atoms with E-state index >= 15 is 0 Å². The van der Waals surface area contributed by atoms with E-state index in [0.717, 1.165) is 8.95 Å². The Morgan fingerprint density at radius 3 is 2.33 bits per heavy atom. The molecule has 0 nitrogen and oxygen atoms in total. The van der Waals surface area contributed by atoms with E-state index in [4.69, 9.17) is 0 Å². The van der Waals surface area contributed by atoms with Gasteiger partial charge in [-0.1, -0.05) is 47.8 Å². The summed E-state index contributed by atoms with van der Waals surface area (Å²) in [7, 11) is 0. The maximum atomic E-state index is 3.67. The molecule has 0 heterocycles. The van der Waals surface area contributed by atoms with E-state index in [0.29, 0.717) is 0 Å².